The largest absolute Gasteiger partial charge is 0.382 e. The molecule has 5 heteroatoms. The van der Waals surface area contributed by atoms with Crippen LogP contribution in [0.25, 0.3) is 22.4 Å². The molecule has 0 saturated carbocycles. The van der Waals surface area contributed by atoms with E-state index < -0.39 is 0 Å². The minimum Gasteiger partial charge on any atom is -0.382 e. The lowest BCUT2D eigenvalue weighted by atomic mass is 10.0. The molecule has 0 saturated heterocycles. The number of thioether (sulfide) groups is 1. The second-order valence-corrected chi connectivity index (χ2v) is 5.85. The zero-order valence-electron chi connectivity index (χ0n) is 11.4. The maximum Gasteiger partial charge on any atom is 0.153 e. The highest BCUT2D eigenvalue weighted by molar-refractivity contribution is 7.98. The van der Waals surface area contributed by atoms with Gasteiger partial charge in [-0.15, -0.1) is 11.8 Å². The molecule has 3 nitrogen and oxygen atoms in total. The van der Waals surface area contributed by atoms with Gasteiger partial charge in [0.25, 0.3) is 0 Å². The van der Waals surface area contributed by atoms with Gasteiger partial charge in [-0.1, -0.05) is 41.9 Å². The van der Waals surface area contributed by atoms with E-state index in [0.29, 0.717) is 10.8 Å². The van der Waals surface area contributed by atoms with Gasteiger partial charge in [-0.3, -0.25) is 5.10 Å². The Morgan fingerprint density at radius 3 is 2.48 bits per heavy atom. The number of H-pyrrole nitrogens is 1. The summed E-state index contributed by atoms with van der Waals surface area (Å²) in [6.07, 6.45) is 2.05. The van der Waals surface area contributed by atoms with Crippen molar-refractivity contribution in [1.82, 2.24) is 10.2 Å². The molecule has 0 spiro atoms. The monoisotopic (exact) mass is 315 g/mol. The molecule has 0 fully saturated rings. The highest BCUT2D eigenvalue weighted by Crippen LogP contribution is 2.38. The summed E-state index contributed by atoms with van der Waals surface area (Å²) >= 11 is 8.00. The smallest absolute Gasteiger partial charge is 0.153 e. The molecule has 3 rings (SSSR count). The lowest BCUT2D eigenvalue weighted by molar-refractivity contribution is 1.10. The first-order chi connectivity index (χ1) is 10.2. The second-order valence-electron chi connectivity index (χ2n) is 4.57. The van der Waals surface area contributed by atoms with Crippen molar-refractivity contribution in [2.75, 3.05) is 12.0 Å². The van der Waals surface area contributed by atoms with Gasteiger partial charge in [-0.2, -0.15) is 5.10 Å². The Labute approximate surface area is 132 Å². The fraction of sp³-hybridized carbons (Fsp3) is 0.0625. The summed E-state index contributed by atoms with van der Waals surface area (Å²) in [5, 5.41) is 7.81. The van der Waals surface area contributed by atoms with Gasteiger partial charge in [0.2, 0.25) is 0 Å². The number of halogens is 1. The third kappa shape index (κ3) is 2.64. The fourth-order valence-electron chi connectivity index (χ4n) is 2.26. The molecule has 2 aromatic carbocycles. The quantitative estimate of drug-likeness (QED) is 0.689. The normalized spacial score (nSPS) is 10.8. The molecule has 0 atom stereocenters. The van der Waals surface area contributed by atoms with E-state index in [4.69, 9.17) is 17.3 Å². The van der Waals surface area contributed by atoms with Crippen LogP contribution < -0.4 is 5.73 Å². The van der Waals surface area contributed by atoms with Gasteiger partial charge in [0, 0.05) is 21.0 Å². The predicted molar refractivity (Wildman–Crippen MR) is 90.7 cm³/mol. The highest BCUT2D eigenvalue weighted by Gasteiger charge is 2.16. The van der Waals surface area contributed by atoms with Gasteiger partial charge < -0.3 is 5.73 Å². The minimum atomic E-state index is 0.451. The van der Waals surface area contributed by atoms with Gasteiger partial charge in [-0.25, -0.2) is 0 Å². The van der Waals surface area contributed by atoms with Crippen LogP contribution in [0.5, 0.6) is 0 Å². The number of nitrogens with zero attached hydrogens (tertiary/aromatic N) is 1. The molecule has 0 radical (unpaired) electrons. The van der Waals surface area contributed by atoms with E-state index in [1.165, 1.54) is 4.90 Å². The molecule has 21 heavy (non-hydrogen) atoms. The van der Waals surface area contributed by atoms with Crippen LogP contribution in [0.4, 0.5) is 5.82 Å². The number of aromatic nitrogens is 2. The number of hydrogen-bond acceptors (Lipinski definition) is 3. The van der Waals surface area contributed by atoms with Crippen molar-refractivity contribution >= 4 is 29.2 Å². The summed E-state index contributed by atoms with van der Waals surface area (Å²) < 4.78 is 0. The van der Waals surface area contributed by atoms with E-state index >= 15 is 0 Å². The lowest BCUT2D eigenvalue weighted by Crippen LogP contribution is -1.89. The van der Waals surface area contributed by atoms with Gasteiger partial charge in [0.15, 0.2) is 5.82 Å². The Balaban J connectivity index is 2.15. The molecule has 1 heterocycles. The van der Waals surface area contributed by atoms with E-state index in [1.807, 2.05) is 24.3 Å². The minimum absolute atomic E-state index is 0.451. The number of anilines is 1. The van der Waals surface area contributed by atoms with E-state index in [0.717, 1.165) is 22.4 Å². The second kappa shape index (κ2) is 5.84. The predicted octanol–water partition coefficient (Wildman–Crippen LogP) is 4.70. The van der Waals surface area contributed by atoms with Crippen LogP contribution in [-0.2, 0) is 0 Å². The van der Waals surface area contributed by atoms with Gasteiger partial charge >= 0.3 is 0 Å². The SMILES string of the molecule is CSc1ccc(-c2[nH]nc(N)c2-c2ccccc2Cl)cc1. The summed E-state index contributed by atoms with van der Waals surface area (Å²) in [6.45, 7) is 0. The highest BCUT2D eigenvalue weighted by atomic mass is 35.5. The maximum absolute atomic E-state index is 6.29. The molecule has 0 amide bonds. The number of nitrogens with one attached hydrogen (secondary N) is 1. The standard InChI is InChI=1S/C16H14ClN3S/c1-21-11-8-6-10(7-9-11)15-14(16(18)20-19-15)12-4-2-3-5-13(12)17/h2-9H,1H3,(H3,18,19,20). The summed E-state index contributed by atoms with van der Waals surface area (Å²) in [5.41, 5.74) is 9.68. The van der Waals surface area contributed by atoms with Gasteiger partial charge in [0.05, 0.1) is 11.3 Å². The lowest BCUT2D eigenvalue weighted by Gasteiger charge is -2.07. The summed E-state index contributed by atoms with van der Waals surface area (Å²) in [5.74, 6) is 0.451. The van der Waals surface area contributed by atoms with Crippen molar-refractivity contribution in [3.8, 4) is 22.4 Å². The summed E-state index contributed by atoms with van der Waals surface area (Å²) in [4.78, 5) is 1.21. The first kappa shape index (κ1) is 14.0. The number of benzene rings is 2. The van der Waals surface area contributed by atoms with E-state index in [1.54, 1.807) is 11.8 Å². The molecule has 3 aromatic rings. The van der Waals surface area contributed by atoms with Gasteiger partial charge in [0.1, 0.15) is 0 Å². The van der Waals surface area contributed by atoms with Crippen LogP contribution >= 0.6 is 23.4 Å². The molecule has 0 aliphatic rings. The van der Waals surface area contributed by atoms with Crippen molar-refractivity contribution in [2.24, 2.45) is 0 Å². The number of rotatable bonds is 3. The zero-order chi connectivity index (χ0) is 14.8. The first-order valence-electron chi connectivity index (χ1n) is 6.44. The Morgan fingerprint density at radius 1 is 1.10 bits per heavy atom. The van der Waals surface area contributed by atoms with E-state index in [9.17, 15) is 0 Å². The number of nitrogens with two attached hydrogens (primary N) is 1. The van der Waals surface area contributed by atoms with Crippen LogP contribution in [0.1, 0.15) is 0 Å². The molecular formula is C16H14ClN3S. The zero-order valence-corrected chi connectivity index (χ0v) is 13.0. The van der Waals surface area contributed by atoms with Crippen molar-refractivity contribution in [2.45, 2.75) is 4.90 Å². The Bertz CT molecular complexity index is 765. The molecule has 0 bridgehead atoms. The molecule has 1 aromatic heterocycles. The fourth-order valence-corrected chi connectivity index (χ4v) is 2.90. The van der Waals surface area contributed by atoms with E-state index in [-0.39, 0.29) is 0 Å². The first-order valence-corrected chi connectivity index (χ1v) is 8.04. The van der Waals surface area contributed by atoms with Crippen molar-refractivity contribution in [3.63, 3.8) is 0 Å². The van der Waals surface area contributed by atoms with Crippen LogP contribution in [-0.4, -0.2) is 16.5 Å². The van der Waals surface area contributed by atoms with Crippen molar-refractivity contribution < 1.29 is 0 Å². The van der Waals surface area contributed by atoms with Crippen LogP contribution in [0.15, 0.2) is 53.4 Å². The van der Waals surface area contributed by atoms with Crippen LogP contribution in [0.3, 0.4) is 0 Å². The molecule has 0 aliphatic heterocycles. The molecular weight excluding hydrogens is 302 g/mol. The Hall–Kier alpha value is -1.91. The molecule has 106 valence electrons. The summed E-state index contributed by atoms with van der Waals surface area (Å²) in [6, 6.07) is 15.9. The van der Waals surface area contributed by atoms with Crippen molar-refractivity contribution in [1.29, 1.82) is 0 Å². The third-order valence-electron chi connectivity index (χ3n) is 3.32. The summed E-state index contributed by atoms with van der Waals surface area (Å²) in [7, 11) is 0. The molecule has 0 unspecified atom stereocenters. The third-order valence-corrected chi connectivity index (χ3v) is 4.39. The molecule has 0 aliphatic carbocycles. The maximum atomic E-state index is 6.29. The topological polar surface area (TPSA) is 54.7 Å². The van der Waals surface area contributed by atoms with E-state index in [2.05, 4.69) is 40.7 Å². The Kier molecular flexibility index (Phi) is 3.90. The van der Waals surface area contributed by atoms with Crippen LogP contribution in [0.2, 0.25) is 5.02 Å². The van der Waals surface area contributed by atoms with Gasteiger partial charge in [-0.05, 0) is 24.5 Å². The average molecular weight is 316 g/mol. The average Bonchev–Trinajstić information content (AvgIpc) is 2.89. The Morgan fingerprint density at radius 2 is 1.81 bits per heavy atom. The number of hydrogen-bond donors (Lipinski definition) is 2. The molecule has 3 N–H and O–H groups in total. The number of nitrogen functional groups attached to an aromatic ring is 1. The van der Waals surface area contributed by atoms with Crippen LogP contribution in [0, 0.1) is 0 Å². The van der Waals surface area contributed by atoms with Crippen molar-refractivity contribution in [3.05, 3.63) is 53.6 Å². The number of aromatic amines is 1.